The van der Waals surface area contributed by atoms with Gasteiger partial charge in [0.2, 0.25) is 0 Å². The van der Waals surface area contributed by atoms with Gasteiger partial charge in [0.05, 0.1) is 22.4 Å². The second-order valence-corrected chi connectivity index (χ2v) is 5.67. The molecule has 1 N–H and O–H groups in total. The van der Waals surface area contributed by atoms with Gasteiger partial charge in [-0.15, -0.1) is 11.3 Å². The molecule has 22 heavy (non-hydrogen) atoms. The molecule has 0 radical (unpaired) electrons. The van der Waals surface area contributed by atoms with E-state index in [-0.39, 0.29) is 5.91 Å². The fourth-order valence-corrected chi connectivity index (χ4v) is 3.07. The quantitative estimate of drug-likeness (QED) is 0.736. The number of hydrogen-bond donors (Lipinski definition) is 1. The van der Waals surface area contributed by atoms with Gasteiger partial charge in [0.25, 0.3) is 5.91 Å². The molecule has 0 fully saturated rings. The molecule has 0 aliphatic heterocycles. The van der Waals surface area contributed by atoms with E-state index in [1.54, 1.807) is 25.4 Å². The summed E-state index contributed by atoms with van der Waals surface area (Å²) in [6.07, 6.45) is 1.67. The van der Waals surface area contributed by atoms with Crippen molar-refractivity contribution in [3.8, 4) is 10.7 Å². The Labute approximate surface area is 132 Å². The van der Waals surface area contributed by atoms with Crippen molar-refractivity contribution >= 4 is 27.5 Å². The lowest BCUT2D eigenvalue weighted by Gasteiger charge is -2.07. The smallest absolute Gasteiger partial charge is 0.253 e. The molecule has 112 valence electrons. The third-order valence-electron chi connectivity index (χ3n) is 3.14. The molecule has 6 heteroatoms. The molecule has 5 nitrogen and oxygen atoms in total. The van der Waals surface area contributed by atoms with E-state index in [1.165, 1.54) is 11.3 Å². The van der Waals surface area contributed by atoms with E-state index in [4.69, 9.17) is 4.74 Å². The summed E-state index contributed by atoms with van der Waals surface area (Å²) in [6, 6.07) is 11.4. The normalized spacial score (nSPS) is 10.8. The molecule has 0 aliphatic rings. The highest BCUT2D eigenvalue weighted by Crippen LogP contribution is 2.30. The van der Waals surface area contributed by atoms with Crippen LogP contribution in [0.4, 0.5) is 0 Å². The Morgan fingerprint density at radius 1 is 1.27 bits per heavy atom. The van der Waals surface area contributed by atoms with Crippen LogP contribution >= 0.6 is 11.3 Å². The summed E-state index contributed by atoms with van der Waals surface area (Å²) < 4.78 is 6.02. The van der Waals surface area contributed by atoms with Crippen molar-refractivity contribution in [3.05, 3.63) is 48.2 Å². The van der Waals surface area contributed by atoms with E-state index in [0.29, 0.717) is 24.4 Å². The average molecular weight is 313 g/mol. The van der Waals surface area contributed by atoms with Crippen LogP contribution in [0.2, 0.25) is 0 Å². The Morgan fingerprint density at radius 3 is 2.95 bits per heavy atom. The molecule has 0 unspecified atom stereocenters. The Balaban J connectivity index is 1.95. The van der Waals surface area contributed by atoms with Crippen molar-refractivity contribution in [1.29, 1.82) is 0 Å². The number of nitrogens with one attached hydrogen (secondary N) is 1. The summed E-state index contributed by atoms with van der Waals surface area (Å²) in [5, 5.41) is 3.57. The lowest BCUT2D eigenvalue weighted by Crippen LogP contribution is -2.27. The first-order valence-corrected chi connectivity index (χ1v) is 7.69. The largest absolute Gasteiger partial charge is 0.383 e. The minimum atomic E-state index is -0.167. The average Bonchev–Trinajstić information content (AvgIpc) is 2.99. The molecule has 0 spiro atoms. The van der Waals surface area contributed by atoms with Crippen molar-refractivity contribution in [2.45, 2.75) is 0 Å². The number of fused-ring (bicyclic) bond motifs is 1. The molecule has 0 aliphatic carbocycles. The zero-order valence-electron chi connectivity index (χ0n) is 12.1. The first kappa shape index (κ1) is 14.6. The summed E-state index contributed by atoms with van der Waals surface area (Å²) in [6.45, 7) is 0.936. The van der Waals surface area contributed by atoms with Crippen molar-refractivity contribution in [1.82, 2.24) is 15.3 Å². The van der Waals surface area contributed by atoms with Gasteiger partial charge in [0, 0.05) is 19.9 Å². The molecule has 0 bridgehead atoms. The number of carbonyl (C=O) groups excluding carboxylic acids is 1. The maximum absolute atomic E-state index is 12.3. The summed E-state index contributed by atoms with van der Waals surface area (Å²) in [5.74, 6) is -0.167. The topological polar surface area (TPSA) is 64.1 Å². The maximum atomic E-state index is 12.3. The zero-order valence-corrected chi connectivity index (χ0v) is 12.9. The highest BCUT2D eigenvalue weighted by atomic mass is 32.1. The van der Waals surface area contributed by atoms with Crippen LogP contribution in [0, 0.1) is 0 Å². The number of para-hydroxylation sites is 1. The van der Waals surface area contributed by atoms with Gasteiger partial charge in [0.15, 0.2) is 0 Å². The number of amides is 1. The van der Waals surface area contributed by atoms with E-state index in [2.05, 4.69) is 15.3 Å². The predicted molar refractivity (Wildman–Crippen MR) is 87.1 cm³/mol. The minimum absolute atomic E-state index is 0.167. The molecule has 1 aromatic carbocycles. The molecule has 2 heterocycles. The molecule has 3 rings (SSSR count). The van der Waals surface area contributed by atoms with Gasteiger partial charge in [-0.1, -0.05) is 12.1 Å². The van der Waals surface area contributed by atoms with Crippen LogP contribution in [0.5, 0.6) is 0 Å². The van der Waals surface area contributed by atoms with Gasteiger partial charge in [-0.2, -0.15) is 0 Å². The molecule has 0 atom stereocenters. The van der Waals surface area contributed by atoms with E-state index >= 15 is 0 Å². The highest BCUT2D eigenvalue weighted by Gasteiger charge is 2.16. The molecule has 3 aromatic rings. The second-order valence-electron chi connectivity index (χ2n) is 4.64. The van der Waals surface area contributed by atoms with Gasteiger partial charge in [0.1, 0.15) is 10.7 Å². The Hall–Kier alpha value is -2.31. The number of nitrogens with zero attached hydrogens (tertiary/aromatic N) is 2. The summed E-state index contributed by atoms with van der Waals surface area (Å²) in [5.41, 5.74) is 2.05. The third-order valence-corrected chi connectivity index (χ3v) is 4.18. The van der Waals surface area contributed by atoms with Crippen LogP contribution in [-0.2, 0) is 4.74 Å². The summed E-state index contributed by atoms with van der Waals surface area (Å²) in [4.78, 5) is 21.2. The monoisotopic (exact) mass is 313 g/mol. The zero-order chi connectivity index (χ0) is 15.4. The fourth-order valence-electron chi connectivity index (χ4n) is 2.09. The van der Waals surface area contributed by atoms with Crippen LogP contribution in [0.3, 0.4) is 0 Å². The van der Waals surface area contributed by atoms with Crippen LogP contribution in [-0.4, -0.2) is 36.1 Å². The summed E-state index contributed by atoms with van der Waals surface area (Å²) >= 11 is 1.53. The lowest BCUT2D eigenvalue weighted by molar-refractivity contribution is 0.0937. The number of carbonyl (C=O) groups is 1. The lowest BCUT2D eigenvalue weighted by atomic mass is 10.2. The number of rotatable bonds is 5. The van der Waals surface area contributed by atoms with Gasteiger partial charge < -0.3 is 10.1 Å². The molecular weight excluding hydrogens is 298 g/mol. The number of hydrogen-bond acceptors (Lipinski definition) is 5. The van der Waals surface area contributed by atoms with Crippen LogP contribution in [0.1, 0.15) is 10.4 Å². The number of ether oxygens (including phenoxy) is 1. The number of pyridine rings is 1. The number of methoxy groups -OCH3 is 1. The van der Waals surface area contributed by atoms with E-state index in [0.717, 1.165) is 15.2 Å². The minimum Gasteiger partial charge on any atom is -0.383 e. The number of aromatic nitrogens is 2. The van der Waals surface area contributed by atoms with Crippen molar-refractivity contribution in [2.24, 2.45) is 0 Å². The molecular formula is C16H15N3O2S. The predicted octanol–water partition coefficient (Wildman–Crippen LogP) is 2.73. The molecule has 2 aromatic heterocycles. The van der Waals surface area contributed by atoms with Crippen LogP contribution < -0.4 is 5.32 Å². The first-order valence-electron chi connectivity index (χ1n) is 6.87. The fraction of sp³-hybridized carbons (Fsp3) is 0.188. The number of thiazole rings is 1. The Bertz CT molecular complexity index is 768. The van der Waals surface area contributed by atoms with E-state index in [9.17, 15) is 4.79 Å². The van der Waals surface area contributed by atoms with Crippen molar-refractivity contribution in [3.63, 3.8) is 0 Å². The van der Waals surface area contributed by atoms with Gasteiger partial charge in [-0.25, -0.2) is 4.98 Å². The van der Waals surface area contributed by atoms with Crippen LogP contribution in [0.15, 0.2) is 42.6 Å². The highest BCUT2D eigenvalue weighted by molar-refractivity contribution is 7.21. The van der Waals surface area contributed by atoms with Gasteiger partial charge in [-0.3, -0.25) is 9.78 Å². The second kappa shape index (κ2) is 6.64. The van der Waals surface area contributed by atoms with E-state index in [1.807, 2.05) is 24.3 Å². The third kappa shape index (κ3) is 2.98. The van der Waals surface area contributed by atoms with Crippen molar-refractivity contribution in [2.75, 3.05) is 20.3 Å². The van der Waals surface area contributed by atoms with Crippen molar-refractivity contribution < 1.29 is 9.53 Å². The Morgan fingerprint density at radius 2 is 2.14 bits per heavy atom. The first-order chi connectivity index (χ1) is 10.8. The van der Waals surface area contributed by atoms with Gasteiger partial charge in [-0.05, 0) is 24.3 Å². The number of benzene rings is 1. The Kier molecular flexibility index (Phi) is 4.41. The summed E-state index contributed by atoms with van der Waals surface area (Å²) in [7, 11) is 1.60. The molecule has 1 amide bonds. The van der Waals surface area contributed by atoms with Crippen LogP contribution in [0.25, 0.3) is 20.9 Å². The molecule has 0 saturated carbocycles. The SMILES string of the molecule is COCCNC(=O)c1cccnc1-c1nc2ccccc2s1. The van der Waals surface area contributed by atoms with E-state index < -0.39 is 0 Å². The standard InChI is InChI=1S/C16H15N3O2S/c1-21-10-9-18-15(20)11-5-4-8-17-14(11)16-19-12-6-2-3-7-13(12)22-16/h2-8H,9-10H2,1H3,(H,18,20). The van der Waals surface area contributed by atoms with Gasteiger partial charge >= 0.3 is 0 Å². The maximum Gasteiger partial charge on any atom is 0.253 e. The molecule has 0 saturated heterocycles.